The van der Waals surface area contributed by atoms with Crippen molar-refractivity contribution in [3.8, 4) is 0 Å². The number of likely N-dealkylation sites (N-methyl/N-ethyl adjacent to an activating group) is 1. The van der Waals surface area contributed by atoms with Gasteiger partial charge in [-0.3, -0.25) is 4.90 Å². The van der Waals surface area contributed by atoms with E-state index in [-0.39, 0.29) is 12.6 Å². The third-order valence-electron chi connectivity index (χ3n) is 4.50. The number of hydrogen-bond donors (Lipinski definition) is 2. The predicted octanol–water partition coefficient (Wildman–Crippen LogP) is 1.12. The van der Waals surface area contributed by atoms with Gasteiger partial charge in [0.25, 0.3) is 0 Å². The van der Waals surface area contributed by atoms with Crippen LogP contribution >= 0.6 is 0 Å². The minimum Gasteiger partial charge on any atom is -0.394 e. The number of nitrogens with one attached hydrogen (secondary N) is 1. The molecule has 2 atom stereocenters. The zero-order valence-corrected chi connectivity index (χ0v) is 13.0. The number of rotatable bonds is 4. The first-order valence-electron chi connectivity index (χ1n) is 7.52. The van der Waals surface area contributed by atoms with E-state index in [2.05, 4.69) is 27.1 Å². The number of para-hydroxylation sites is 1. The van der Waals surface area contributed by atoms with E-state index in [0.29, 0.717) is 25.7 Å². The van der Waals surface area contributed by atoms with E-state index in [9.17, 15) is 5.11 Å². The zero-order chi connectivity index (χ0) is 15.6. The Kier molecular flexibility index (Phi) is 4.24. The maximum absolute atomic E-state index is 9.88. The van der Waals surface area contributed by atoms with E-state index < -0.39 is 5.54 Å². The number of anilines is 1. The second-order valence-corrected chi connectivity index (χ2v) is 5.96. The van der Waals surface area contributed by atoms with Gasteiger partial charge in [0.2, 0.25) is 5.95 Å². The lowest BCUT2D eigenvalue weighted by Crippen LogP contribution is -2.64. The predicted molar refractivity (Wildman–Crippen MR) is 85.9 cm³/mol. The first kappa shape index (κ1) is 15.1. The summed E-state index contributed by atoms with van der Waals surface area (Å²) >= 11 is 0. The average molecular weight is 302 g/mol. The highest BCUT2D eigenvalue weighted by atomic mass is 16.5. The Balaban J connectivity index is 1.76. The molecule has 1 saturated heterocycles. The van der Waals surface area contributed by atoms with E-state index in [1.807, 2.05) is 31.3 Å². The molecule has 0 bridgehead atoms. The fraction of sp³-hybridized carbons (Fsp3) is 0.500. The second-order valence-electron chi connectivity index (χ2n) is 5.96. The zero-order valence-electron chi connectivity index (χ0n) is 13.0. The maximum Gasteiger partial charge on any atom is 0.223 e. The van der Waals surface area contributed by atoms with Crippen LogP contribution in [0.5, 0.6) is 0 Å². The molecule has 1 aliphatic rings. The monoisotopic (exact) mass is 302 g/mol. The molecule has 0 amide bonds. The fourth-order valence-corrected chi connectivity index (χ4v) is 2.79. The fourth-order valence-electron chi connectivity index (χ4n) is 2.79. The van der Waals surface area contributed by atoms with Gasteiger partial charge < -0.3 is 15.2 Å². The first-order chi connectivity index (χ1) is 10.6. The first-order valence-corrected chi connectivity index (χ1v) is 7.52. The highest BCUT2D eigenvalue weighted by molar-refractivity contribution is 5.78. The molecular weight excluding hydrogens is 280 g/mol. The summed E-state index contributed by atoms with van der Waals surface area (Å²) in [6, 6.07) is 8.13. The Morgan fingerprint density at radius 2 is 2.27 bits per heavy atom. The van der Waals surface area contributed by atoms with E-state index in [0.717, 1.165) is 10.9 Å². The van der Waals surface area contributed by atoms with Crippen LogP contribution in [0.25, 0.3) is 10.9 Å². The van der Waals surface area contributed by atoms with Crippen LogP contribution < -0.4 is 5.32 Å². The molecule has 0 spiro atoms. The van der Waals surface area contributed by atoms with Crippen LogP contribution in [0, 0.1) is 0 Å². The lowest BCUT2D eigenvalue weighted by Gasteiger charge is -2.47. The summed E-state index contributed by atoms with van der Waals surface area (Å²) < 4.78 is 5.64. The number of aliphatic hydroxyl groups is 1. The third kappa shape index (κ3) is 2.77. The van der Waals surface area contributed by atoms with Gasteiger partial charge in [0, 0.05) is 24.2 Å². The Bertz CT molecular complexity index is 651. The highest BCUT2D eigenvalue weighted by Crippen LogP contribution is 2.23. The van der Waals surface area contributed by atoms with Crippen molar-refractivity contribution in [3.63, 3.8) is 0 Å². The van der Waals surface area contributed by atoms with Gasteiger partial charge in [-0.2, -0.15) is 0 Å². The summed E-state index contributed by atoms with van der Waals surface area (Å²) in [5, 5.41) is 14.1. The van der Waals surface area contributed by atoms with Crippen LogP contribution in [-0.4, -0.2) is 65.0 Å². The van der Waals surface area contributed by atoms with E-state index in [1.54, 1.807) is 6.20 Å². The molecule has 1 aromatic heterocycles. The molecule has 3 rings (SSSR count). The average Bonchev–Trinajstić information content (AvgIpc) is 2.56. The molecule has 0 radical (unpaired) electrons. The molecule has 2 heterocycles. The van der Waals surface area contributed by atoms with Crippen LogP contribution in [0.4, 0.5) is 5.95 Å². The van der Waals surface area contributed by atoms with Crippen molar-refractivity contribution in [3.05, 3.63) is 30.5 Å². The summed E-state index contributed by atoms with van der Waals surface area (Å²) in [7, 11) is 2.02. The van der Waals surface area contributed by atoms with Crippen molar-refractivity contribution in [1.82, 2.24) is 14.9 Å². The van der Waals surface area contributed by atoms with Crippen molar-refractivity contribution in [2.75, 3.05) is 38.7 Å². The van der Waals surface area contributed by atoms with Gasteiger partial charge in [-0.05, 0) is 20.0 Å². The van der Waals surface area contributed by atoms with Crippen molar-refractivity contribution in [2.24, 2.45) is 0 Å². The molecule has 2 aromatic rings. The third-order valence-corrected chi connectivity index (χ3v) is 4.50. The molecule has 2 N–H and O–H groups in total. The Morgan fingerprint density at radius 1 is 1.45 bits per heavy atom. The molecule has 1 aliphatic heterocycles. The van der Waals surface area contributed by atoms with Gasteiger partial charge in [0.15, 0.2) is 0 Å². The van der Waals surface area contributed by atoms with Crippen LogP contribution in [0.2, 0.25) is 0 Å². The quantitative estimate of drug-likeness (QED) is 0.882. The minimum atomic E-state index is -0.452. The molecule has 1 aromatic carbocycles. The highest BCUT2D eigenvalue weighted by Gasteiger charge is 2.40. The Morgan fingerprint density at radius 3 is 3.09 bits per heavy atom. The number of aliphatic hydroxyl groups excluding tert-OH is 1. The van der Waals surface area contributed by atoms with Crippen LogP contribution in [-0.2, 0) is 4.74 Å². The lowest BCUT2D eigenvalue weighted by molar-refractivity contribution is -0.101. The molecule has 118 valence electrons. The van der Waals surface area contributed by atoms with Crippen LogP contribution in [0.3, 0.4) is 0 Å². The molecule has 6 heteroatoms. The number of hydrogen-bond acceptors (Lipinski definition) is 6. The number of fused-ring (bicyclic) bond motifs is 1. The summed E-state index contributed by atoms with van der Waals surface area (Å²) in [5.41, 5.74) is 0.451. The summed E-state index contributed by atoms with van der Waals surface area (Å²) in [6.07, 6.45) is 1.81. The molecular formula is C16H22N4O2. The number of aromatic nitrogens is 2. The summed E-state index contributed by atoms with van der Waals surface area (Å²) in [5.74, 6) is 0.568. The van der Waals surface area contributed by atoms with Crippen LogP contribution in [0.1, 0.15) is 6.92 Å². The molecule has 0 aliphatic carbocycles. The van der Waals surface area contributed by atoms with Gasteiger partial charge in [0.05, 0.1) is 30.9 Å². The minimum absolute atomic E-state index is 0.0222. The van der Waals surface area contributed by atoms with Gasteiger partial charge in [-0.15, -0.1) is 0 Å². The number of nitrogens with zero attached hydrogens (tertiary/aromatic N) is 3. The number of benzene rings is 1. The molecule has 0 saturated carbocycles. The SMILES string of the molecule is C[C@@H]1COC[C@@](CO)(CNc2ncc3ccccc3n2)N1C. The van der Waals surface area contributed by atoms with Crippen molar-refractivity contribution >= 4 is 16.9 Å². The van der Waals surface area contributed by atoms with Gasteiger partial charge in [-0.1, -0.05) is 18.2 Å². The summed E-state index contributed by atoms with van der Waals surface area (Å²) in [4.78, 5) is 11.0. The van der Waals surface area contributed by atoms with E-state index in [1.165, 1.54) is 0 Å². The second kappa shape index (κ2) is 6.16. The largest absolute Gasteiger partial charge is 0.394 e. The summed E-state index contributed by atoms with van der Waals surface area (Å²) in [6.45, 7) is 3.82. The Hall–Kier alpha value is -1.76. The number of ether oxygens (including phenoxy) is 1. The molecule has 1 fully saturated rings. The smallest absolute Gasteiger partial charge is 0.223 e. The van der Waals surface area contributed by atoms with Gasteiger partial charge >= 0.3 is 0 Å². The van der Waals surface area contributed by atoms with Gasteiger partial charge in [0.1, 0.15) is 0 Å². The molecule has 22 heavy (non-hydrogen) atoms. The molecule has 0 unspecified atom stereocenters. The van der Waals surface area contributed by atoms with Crippen molar-refractivity contribution in [2.45, 2.75) is 18.5 Å². The normalized spacial score (nSPS) is 26.2. The van der Waals surface area contributed by atoms with E-state index in [4.69, 9.17) is 4.74 Å². The topological polar surface area (TPSA) is 70.5 Å². The standard InChI is InChI=1S/C16H22N4O2/c1-12-8-22-11-16(10-21,20(12)2)9-18-15-17-7-13-5-3-4-6-14(13)19-15/h3-7,12,21H,8-11H2,1-2H3,(H,17,18,19)/t12-,16+/m1/s1. The number of morpholine rings is 1. The Labute approximate surface area is 130 Å². The van der Waals surface area contributed by atoms with E-state index >= 15 is 0 Å². The lowest BCUT2D eigenvalue weighted by atomic mass is 9.96. The van der Waals surface area contributed by atoms with Gasteiger partial charge in [-0.25, -0.2) is 9.97 Å². The van der Waals surface area contributed by atoms with Crippen LogP contribution in [0.15, 0.2) is 30.5 Å². The van der Waals surface area contributed by atoms with Crippen molar-refractivity contribution in [1.29, 1.82) is 0 Å². The van der Waals surface area contributed by atoms with Crippen molar-refractivity contribution < 1.29 is 9.84 Å². The molecule has 6 nitrogen and oxygen atoms in total. The maximum atomic E-state index is 9.88.